The molecule has 12 nitrogen and oxygen atoms in total. The van der Waals surface area contributed by atoms with E-state index in [1.165, 1.54) is 6.07 Å². The molecule has 0 aliphatic carbocycles. The Balaban J connectivity index is 0.000000336. The first-order valence-corrected chi connectivity index (χ1v) is 33.4. The smallest absolute Gasteiger partial charge is 0.343 e. The number of aromatic nitrogens is 2. The average molecular weight is 1170 g/mol. The maximum Gasteiger partial charge on any atom is 0.343 e. The highest BCUT2D eigenvalue weighted by Crippen LogP contribution is 2.43. The van der Waals surface area contributed by atoms with Crippen LogP contribution in [-0.2, 0) is 24.7 Å². The molecular weight excluding hydrogens is 1090 g/mol. The fourth-order valence-corrected chi connectivity index (χ4v) is 10.8. The van der Waals surface area contributed by atoms with Gasteiger partial charge in [-0.05, 0) is 116 Å². The first-order chi connectivity index (χ1) is 35.0. The molecule has 3 aromatic carbocycles. The Morgan fingerprint density at radius 1 is 0.632 bits per heavy atom. The normalized spacial score (nSPS) is 13.5. The molecule has 2 aromatic heterocycles. The zero-order valence-electron chi connectivity index (χ0n) is 48.9. The van der Waals surface area contributed by atoms with E-state index in [4.69, 9.17) is 39.4 Å². The number of hydrogen-bond acceptors (Lipinski definition) is 10. The summed E-state index contributed by atoms with van der Waals surface area (Å²) in [5.41, 5.74) is 0.789. The lowest BCUT2D eigenvalue weighted by Gasteiger charge is -2.41. The lowest BCUT2D eigenvalue weighted by Crippen LogP contribution is -2.43. The minimum Gasteiger partial charge on any atom is -0.492 e. The SMILES string of the molecule is CCOC(=O)c1cn(C(CO[Si](C)(C)C(C)(C)C)C(C)(C)C)c2c(OCC)cc(Br)cc2c1=O.CCOC(=O)c1cn(C(CO[Si](C)(C)C(C)(C)C)C(C)(C)C)c2c(OCC)cc(Cc3cccc(Cl)c3F)cc2c1=O. The van der Waals surface area contributed by atoms with Crippen molar-refractivity contribution in [2.45, 2.75) is 166 Å². The third-order valence-electron chi connectivity index (χ3n) is 14.7. The number of carbonyl (C=O) groups excluding carboxylic acids is 2. The predicted molar refractivity (Wildman–Crippen MR) is 316 cm³/mol. The molecule has 0 saturated heterocycles. The number of ether oxygens (including phenoxy) is 4. The first-order valence-electron chi connectivity index (χ1n) is 26.4. The van der Waals surface area contributed by atoms with Crippen molar-refractivity contribution in [2.24, 2.45) is 10.8 Å². The van der Waals surface area contributed by atoms with Crippen LogP contribution in [0.1, 0.15) is 155 Å². The van der Waals surface area contributed by atoms with Gasteiger partial charge in [0, 0.05) is 23.3 Å². The second-order valence-corrected chi connectivity index (χ2v) is 35.4. The summed E-state index contributed by atoms with van der Waals surface area (Å²) in [6.45, 7) is 43.9. The van der Waals surface area contributed by atoms with Crippen molar-refractivity contribution in [2.75, 3.05) is 39.6 Å². The van der Waals surface area contributed by atoms with Crippen molar-refractivity contribution in [3.05, 3.63) is 113 Å². The number of halogens is 3. The molecule has 0 radical (unpaired) electrons. The molecule has 420 valence electrons. The molecule has 0 N–H and O–H groups in total. The zero-order valence-corrected chi connectivity index (χ0v) is 53.3. The second kappa shape index (κ2) is 25.2. The Hall–Kier alpha value is -4.33. The standard InChI is InChI=1S/C33H45ClFNO5Si.C26H40BrNO5Si/c1-11-39-26-18-21(16-22-14-13-15-25(34)28(22)35)17-23-29(26)36(19-24(30(23)37)31(38)40-12-2)27(32(3,4)5)20-41-42(9,10)33(6,7)8;1-11-31-20-14-17(27)13-18-22(20)28(15-19(23(18)29)24(30)32-12-2)21(25(3,4)5)16-33-34(9,10)26(6,7)8/h13-15,17-19,27H,11-12,16,20H2,1-10H3;13-15,21H,11-12,16H2,1-10H3. The number of carbonyl (C=O) groups is 2. The zero-order chi connectivity index (χ0) is 57.7. The number of benzene rings is 3. The topological polar surface area (TPSA) is 134 Å². The Kier molecular flexibility index (Phi) is 21.3. The lowest BCUT2D eigenvalue weighted by molar-refractivity contribution is 0.0513. The van der Waals surface area contributed by atoms with Crippen LogP contribution in [0.2, 0.25) is 41.3 Å². The molecule has 76 heavy (non-hydrogen) atoms. The predicted octanol–water partition coefficient (Wildman–Crippen LogP) is 15.5. The highest BCUT2D eigenvalue weighted by atomic mass is 79.9. The molecule has 0 bridgehead atoms. The number of fused-ring (bicyclic) bond motifs is 2. The van der Waals surface area contributed by atoms with Gasteiger partial charge in [0.15, 0.2) is 16.6 Å². The van der Waals surface area contributed by atoms with E-state index in [0.29, 0.717) is 75.3 Å². The molecular formula is C59H85BrClFN2O10Si2. The summed E-state index contributed by atoms with van der Waals surface area (Å²) in [5, 5.41) is 0.784. The van der Waals surface area contributed by atoms with Gasteiger partial charge in [-0.1, -0.05) is 123 Å². The monoisotopic (exact) mass is 1170 g/mol. The van der Waals surface area contributed by atoms with Gasteiger partial charge in [0.05, 0.1) is 78.6 Å². The molecule has 0 saturated carbocycles. The van der Waals surface area contributed by atoms with Crippen molar-refractivity contribution >= 4 is 77.9 Å². The molecule has 2 atom stereocenters. The Bertz CT molecular complexity index is 3000. The molecule has 17 heteroatoms. The third-order valence-corrected chi connectivity index (χ3v) is 24.5. The Labute approximate surface area is 466 Å². The maximum atomic E-state index is 14.8. The van der Waals surface area contributed by atoms with Gasteiger partial charge in [-0.15, -0.1) is 0 Å². The number of pyridine rings is 2. The van der Waals surface area contributed by atoms with Gasteiger partial charge >= 0.3 is 11.9 Å². The summed E-state index contributed by atoms with van der Waals surface area (Å²) in [6.07, 6.45) is 3.40. The van der Waals surface area contributed by atoms with E-state index in [2.05, 4.69) is 125 Å². The molecule has 0 aliphatic heterocycles. The van der Waals surface area contributed by atoms with Crippen molar-refractivity contribution < 1.29 is 41.8 Å². The molecule has 0 aliphatic rings. The summed E-state index contributed by atoms with van der Waals surface area (Å²) in [6, 6.07) is 11.6. The van der Waals surface area contributed by atoms with E-state index in [-0.39, 0.29) is 74.2 Å². The Morgan fingerprint density at radius 3 is 1.42 bits per heavy atom. The van der Waals surface area contributed by atoms with E-state index < -0.39 is 39.8 Å². The molecule has 2 unspecified atom stereocenters. The highest BCUT2D eigenvalue weighted by Gasteiger charge is 2.41. The Morgan fingerprint density at radius 2 is 1.04 bits per heavy atom. The van der Waals surface area contributed by atoms with E-state index in [1.54, 1.807) is 50.5 Å². The molecule has 2 heterocycles. The van der Waals surface area contributed by atoms with Crippen LogP contribution >= 0.6 is 27.5 Å². The maximum absolute atomic E-state index is 14.8. The van der Waals surface area contributed by atoms with Crippen molar-refractivity contribution in [3.63, 3.8) is 0 Å². The first kappa shape index (κ1) is 64.2. The molecule has 0 amide bonds. The molecule has 0 spiro atoms. The van der Waals surface area contributed by atoms with Crippen LogP contribution in [0.25, 0.3) is 21.8 Å². The van der Waals surface area contributed by atoms with Gasteiger partial charge in [0.2, 0.25) is 10.9 Å². The number of nitrogens with zero attached hydrogens (tertiary/aromatic N) is 2. The van der Waals surface area contributed by atoms with Crippen LogP contribution in [0.5, 0.6) is 11.5 Å². The summed E-state index contributed by atoms with van der Waals surface area (Å²) in [5.74, 6) is -0.771. The van der Waals surface area contributed by atoms with E-state index in [9.17, 15) is 23.6 Å². The fraction of sp³-hybridized carbons (Fsp3) is 0.559. The minimum atomic E-state index is -2.14. The van der Waals surface area contributed by atoms with E-state index >= 15 is 0 Å². The van der Waals surface area contributed by atoms with Gasteiger partial charge < -0.3 is 36.9 Å². The lowest BCUT2D eigenvalue weighted by atomic mass is 9.86. The summed E-state index contributed by atoms with van der Waals surface area (Å²) in [4.78, 5) is 53.2. The summed E-state index contributed by atoms with van der Waals surface area (Å²) < 4.78 is 55.5. The van der Waals surface area contributed by atoms with Gasteiger partial charge in [0.25, 0.3) is 0 Å². The van der Waals surface area contributed by atoms with Crippen molar-refractivity contribution in [1.29, 1.82) is 0 Å². The number of rotatable bonds is 18. The number of hydrogen-bond donors (Lipinski definition) is 0. The quantitative estimate of drug-likeness (QED) is 0.0617. The summed E-state index contributed by atoms with van der Waals surface area (Å²) >= 11 is 9.54. The third kappa shape index (κ3) is 15.1. The van der Waals surface area contributed by atoms with Crippen LogP contribution in [0.4, 0.5) is 4.39 Å². The largest absolute Gasteiger partial charge is 0.492 e. The number of esters is 2. The van der Waals surface area contributed by atoms with Crippen LogP contribution < -0.4 is 20.3 Å². The van der Waals surface area contributed by atoms with Crippen molar-refractivity contribution in [1.82, 2.24) is 9.13 Å². The van der Waals surface area contributed by atoms with E-state index in [0.717, 1.165) is 0 Å². The van der Waals surface area contributed by atoms with Crippen LogP contribution in [0, 0.1) is 16.6 Å². The highest BCUT2D eigenvalue weighted by molar-refractivity contribution is 9.10. The summed E-state index contributed by atoms with van der Waals surface area (Å²) in [7, 11) is -4.19. The molecule has 5 rings (SSSR count). The van der Waals surface area contributed by atoms with Gasteiger partial charge in [-0.3, -0.25) is 9.59 Å². The second-order valence-electron chi connectivity index (χ2n) is 24.5. The average Bonchev–Trinajstić information content (AvgIpc) is 3.28. The van der Waals surface area contributed by atoms with Gasteiger partial charge in [-0.2, -0.15) is 0 Å². The van der Waals surface area contributed by atoms with E-state index in [1.807, 2.05) is 35.1 Å². The fourth-order valence-electron chi connectivity index (χ4n) is 8.17. The van der Waals surface area contributed by atoms with Crippen LogP contribution in [0.15, 0.2) is 68.9 Å². The molecule has 0 fully saturated rings. The minimum absolute atomic E-state index is 0.00186. The van der Waals surface area contributed by atoms with Crippen LogP contribution in [0.3, 0.4) is 0 Å². The van der Waals surface area contributed by atoms with Crippen molar-refractivity contribution in [3.8, 4) is 11.5 Å². The molecule has 5 aromatic rings. The van der Waals surface area contributed by atoms with Crippen LogP contribution in [-0.4, -0.2) is 77.3 Å². The van der Waals surface area contributed by atoms with Gasteiger partial charge in [-0.25, -0.2) is 14.0 Å². The van der Waals surface area contributed by atoms with Gasteiger partial charge in [0.1, 0.15) is 28.4 Å².